The molecule has 1 aliphatic rings. The van der Waals surface area contributed by atoms with Crippen molar-refractivity contribution in [2.75, 3.05) is 11.5 Å². The third-order valence-electron chi connectivity index (χ3n) is 3.98. The summed E-state index contributed by atoms with van der Waals surface area (Å²) in [6.07, 6.45) is 5.18. The van der Waals surface area contributed by atoms with Gasteiger partial charge in [-0.25, -0.2) is 0 Å². The molecule has 0 saturated heterocycles. The van der Waals surface area contributed by atoms with Crippen molar-refractivity contribution in [3.63, 3.8) is 0 Å². The normalized spacial score (nSPS) is 16.9. The first-order chi connectivity index (χ1) is 10.7. The summed E-state index contributed by atoms with van der Waals surface area (Å²) in [4.78, 5) is 0. The fourth-order valence-corrected chi connectivity index (χ4v) is 2.82. The van der Waals surface area contributed by atoms with Gasteiger partial charge in [0.2, 0.25) is 0 Å². The van der Waals surface area contributed by atoms with Gasteiger partial charge in [0.1, 0.15) is 11.5 Å². The van der Waals surface area contributed by atoms with Crippen LogP contribution in [0, 0.1) is 0 Å². The molecule has 0 amide bonds. The molecule has 4 heteroatoms. The number of nitrogen functional groups attached to an aromatic ring is 2. The molecule has 0 radical (unpaired) electrons. The monoisotopic (exact) mass is 298 g/mol. The lowest BCUT2D eigenvalue weighted by atomic mass is 9.94. The Labute approximate surface area is 131 Å². The number of hydrogen-bond donors (Lipinski definition) is 2. The molecule has 0 aromatic heterocycles. The van der Waals surface area contributed by atoms with E-state index in [9.17, 15) is 0 Å². The zero-order valence-corrected chi connectivity index (χ0v) is 12.6. The van der Waals surface area contributed by atoms with E-state index in [4.69, 9.17) is 20.9 Å². The Balaban J connectivity index is 1.80. The molecule has 1 saturated carbocycles. The Kier molecular flexibility index (Phi) is 4.09. The Morgan fingerprint density at radius 2 is 1.05 bits per heavy atom. The van der Waals surface area contributed by atoms with Crippen LogP contribution < -0.4 is 20.9 Å². The summed E-state index contributed by atoms with van der Waals surface area (Å²) in [6.45, 7) is 0. The van der Waals surface area contributed by atoms with Crippen molar-refractivity contribution in [3.05, 3.63) is 48.5 Å². The third-order valence-corrected chi connectivity index (χ3v) is 3.98. The first-order valence-corrected chi connectivity index (χ1v) is 7.74. The van der Waals surface area contributed by atoms with E-state index in [1.54, 1.807) is 0 Å². The van der Waals surface area contributed by atoms with E-state index in [0.29, 0.717) is 0 Å². The number of benzene rings is 2. The lowest BCUT2D eigenvalue weighted by Crippen LogP contribution is -2.44. The minimum absolute atomic E-state index is 0.607. The highest BCUT2D eigenvalue weighted by atomic mass is 16.7. The van der Waals surface area contributed by atoms with E-state index < -0.39 is 5.79 Å². The van der Waals surface area contributed by atoms with Gasteiger partial charge in [0, 0.05) is 24.2 Å². The average molecular weight is 298 g/mol. The molecule has 0 atom stereocenters. The number of hydrogen-bond acceptors (Lipinski definition) is 4. The summed E-state index contributed by atoms with van der Waals surface area (Å²) in [5.74, 6) is 0.961. The third kappa shape index (κ3) is 3.45. The van der Waals surface area contributed by atoms with Gasteiger partial charge in [0.15, 0.2) is 0 Å². The van der Waals surface area contributed by atoms with Gasteiger partial charge in [-0.2, -0.15) is 0 Å². The van der Waals surface area contributed by atoms with E-state index >= 15 is 0 Å². The molecule has 4 nitrogen and oxygen atoms in total. The fraction of sp³-hybridized carbons (Fsp3) is 0.333. The lowest BCUT2D eigenvalue weighted by Gasteiger charge is -2.37. The molecule has 0 bridgehead atoms. The summed E-state index contributed by atoms with van der Waals surface area (Å²) >= 11 is 0. The zero-order chi connectivity index (χ0) is 15.4. The van der Waals surface area contributed by atoms with Crippen LogP contribution in [-0.4, -0.2) is 5.79 Å². The molecular formula is C18H22N2O2. The van der Waals surface area contributed by atoms with Crippen LogP contribution in [0.25, 0.3) is 0 Å². The smallest absolute Gasteiger partial charge is 0.251 e. The summed E-state index contributed by atoms with van der Waals surface area (Å²) in [5, 5.41) is 0. The van der Waals surface area contributed by atoms with Gasteiger partial charge < -0.3 is 20.9 Å². The quantitative estimate of drug-likeness (QED) is 0.662. The number of rotatable bonds is 4. The van der Waals surface area contributed by atoms with Crippen molar-refractivity contribution in [3.8, 4) is 11.5 Å². The van der Waals surface area contributed by atoms with Gasteiger partial charge in [-0.05, 0) is 61.4 Å². The number of anilines is 2. The second-order valence-corrected chi connectivity index (χ2v) is 5.81. The molecule has 0 spiro atoms. The van der Waals surface area contributed by atoms with Gasteiger partial charge in [0.05, 0.1) is 0 Å². The SMILES string of the molecule is Nc1ccc(OC2(Oc3ccc(N)cc3)CCCCC2)cc1. The van der Waals surface area contributed by atoms with Crippen LogP contribution in [0.15, 0.2) is 48.5 Å². The Morgan fingerprint density at radius 3 is 1.45 bits per heavy atom. The second-order valence-electron chi connectivity index (χ2n) is 5.81. The maximum atomic E-state index is 6.22. The first-order valence-electron chi connectivity index (χ1n) is 7.74. The average Bonchev–Trinajstić information content (AvgIpc) is 2.53. The van der Waals surface area contributed by atoms with Crippen LogP contribution in [0.2, 0.25) is 0 Å². The summed E-state index contributed by atoms with van der Waals surface area (Å²) in [7, 11) is 0. The lowest BCUT2D eigenvalue weighted by molar-refractivity contribution is -0.137. The molecule has 4 N–H and O–H groups in total. The van der Waals surface area contributed by atoms with E-state index in [0.717, 1.165) is 48.6 Å². The van der Waals surface area contributed by atoms with Gasteiger partial charge in [-0.3, -0.25) is 0 Å². The van der Waals surface area contributed by atoms with E-state index in [1.807, 2.05) is 48.5 Å². The standard InChI is InChI=1S/C18H22N2O2/c19-14-4-8-16(9-5-14)21-18(12-2-1-3-13-18)22-17-10-6-15(20)7-11-17/h4-11H,1-3,12-13,19-20H2. The van der Waals surface area contributed by atoms with Crippen LogP contribution in [-0.2, 0) is 0 Å². The van der Waals surface area contributed by atoms with E-state index in [-0.39, 0.29) is 0 Å². The highest BCUT2D eigenvalue weighted by Gasteiger charge is 2.36. The fourth-order valence-electron chi connectivity index (χ4n) is 2.82. The molecule has 1 fully saturated rings. The van der Waals surface area contributed by atoms with Crippen molar-refractivity contribution in [2.24, 2.45) is 0 Å². The van der Waals surface area contributed by atoms with Crippen LogP contribution >= 0.6 is 0 Å². The maximum absolute atomic E-state index is 6.22. The maximum Gasteiger partial charge on any atom is 0.251 e. The van der Waals surface area contributed by atoms with Crippen molar-refractivity contribution in [1.29, 1.82) is 0 Å². The van der Waals surface area contributed by atoms with Crippen LogP contribution in [0.4, 0.5) is 11.4 Å². The van der Waals surface area contributed by atoms with Gasteiger partial charge in [-0.1, -0.05) is 6.42 Å². The van der Waals surface area contributed by atoms with Gasteiger partial charge in [0.25, 0.3) is 5.79 Å². The van der Waals surface area contributed by atoms with Gasteiger partial charge in [-0.15, -0.1) is 0 Å². The van der Waals surface area contributed by atoms with Crippen molar-refractivity contribution >= 4 is 11.4 Å². The molecular weight excluding hydrogens is 276 g/mol. The predicted molar refractivity (Wildman–Crippen MR) is 88.8 cm³/mol. The Morgan fingerprint density at radius 1 is 0.636 bits per heavy atom. The summed E-state index contributed by atoms with van der Waals surface area (Å²) in [6, 6.07) is 14.9. The molecule has 0 aliphatic heterocycles. The topological polar surface area (TPSA) is 70.5 Å². The molecule has 0 unspecified atom stereocenters. The molecule has 0 heterocycles. The van der Waals surface area contributed by atoms with E-state index in [2.05, 4.69) is 0 Å². The van der Waals surface area contributed by atoms with Crippen molar-refractivity contribution < 1.29 is 9.47 Å². The highest BCUT2D eigenvalue weighted by molar-refractivity contribution is 5.43. The number of nitrogens with two attached hydrogens (primary N) is 2. The minimum atomic E-state index is -0.607. The Bertz CT molecular complexity index is 552. The van der Waals surface area contributed by atoms with Crippen molar-refractivity contribution in [1.82, 2.24) is 0 Å². The van der Waals surface area contributed by atoms with Crippen LogP contribution in [0.1, 0.15) is 32.1 Å². The van der Waals surface area contributed by atoms with E-state index in [1.165, 1.54) is 6.42 Å². The molecule has 3 rings (SSSR count). The predicted octanol–water partition coefficient (Wildman–Crippen LogP) is 3.97. The molecule has 2 aromatic rings. The first kappa shape index (κ1) is 14.6. The largest absolute Gasteiger partial charge is 0.452 e. The summed E-state index contributed by atoms with van der Waals surface area (Å²) in [5.41, 5.74) is 12.9. The highest BCUT2D eigenvalue weighted by Crippen LogP contribution is 2.35. The Hall–Kier alpha value is -2.36. The molecule has 2 aromatic carbocycles. The number of ether oxygens (including phenoxy) is 2. The second kappa shape index (κ2) is 6.18. The minimum Gasteiger partial charge on any atom is -0.452 e. The van der Waals surface area contributed by atoms with Crippen molar-refractivity contribution in [2.45, 2.75) is 37.9 Å². The van der Waals surface area contributed by atoms with Crippen LogP contribution in [0.3, 0.4) is 0 Å². The zero-order valence-electron chi connectivity index (χ0n) is 12.6. The molecule has 1 aliphatic carbocycles. The van der Waals surface area contributed by atoms with Crippen LogP contribution in [0.5, 0.6) is 11.5 Å². The van der Waals surface area contributed by atoms with Gasteiger partial charge >= 0.3 is 0 Å². The summed E-state index contributed by atoms with van der Waals surface area (Å²) < 4.78 is 12.4. The molecule has 22 heavy (non-hydrogen) atoms. The molecule has 116 valence electrons.